The molecule has 2 bridgehead atoms. The zero-order valence-electron chi connectivity index (χ0n) is 16.3. The Bertz CT molecular complexity index is 831. The van der Waals surface area contributed by atoms with E-state index in [1.54, 1.807) is 0 Å². The summed E-state index contributed by atoms with van der Waals surface area (Å²) >= 11 is 0. The highest BCUT2D eigenvalue weighted by Gasteiger charge is 2.36. The van der Waals surface area contributed by atoms with Crippen LogP contribution in [0.4, 0.5) is 0 Å². The molecule has 2 heterocycles. The first-order chi connectivity index (χ1) is 12.6. The minimum Gasteiger partial charge on any atom is -0.459 e. The first-order valence-corrected chi connectivity index (χ1v) is 11.0. The van der Waals surface area contributed by atoms with Crippen LogP contribution < -0.4 is 0 Å². The molecule has 1 aromatic rings. The lowest BCUT2D eigenvalue weighted by Crippen LogP contribution is -2.46. The van der Waals surface area contributed by atoms with Gasteiger partial charge in [-0.3, -0.25) is 4.79 Å². The van der Waals surface area contributed by atoms with E-state index < -0.39 is 15.6 Å². The van der Waals surface area contributed by atoms with Crippen molar-refractivity contribution in [3.05, 3.63) is 28.8 Å². The Balaban J connectivity index is 2.08. The number of carbonyl (C=O) groups is 1. The van der Waals surface area contributed by atoms with Crippen LogP contribution in [0, 0.1) is 6.92 Å². The number of carbonyl (C=O) groups excluding carboxylic acids is 1. The van der Waals surface area contributed by atoms with E-state index in [1.807, 2.05) is 32.9 Å². The number of hydrogen-bond acceptors (Lipinski definition) is 5. The van der Waals surface area contributed by atoms with E-state index in [4.69, 9.17) is 4.74 Å². The zero-order valence-corrected chi connectivity index (χ0v) is 17.1. The molecule has 1 aromatic carbocycles. The molecule has 0 unspecified atom stereocenters. The van der Waals surface area contributed by atoms with Gasteiger partial charge in [-0.2, -0.15) is 4.31 Å². The van der Waals surface area contributed by atoms with E-state index in [9.17, 15) is 18.3 Å². The normalized spacial score (nSPS) is 23.9. The fourth-order valence-electron chi connectivity index (χ4n) is 4.30. The molecular formula is C20H29NO5S. The summed E-state index contributed by atoms with van der Waals surface area (Å²) in [7, 11) is -3.74. The van der Waals surface area contributed by atoms with E-state index in [1.165, 1.54) is 4.31 Å². The molecule has 0 saturated carbocycles. The first-order valence-electron chi connectivity index (χ1n) is 9.61. The van der Waals surface area contributed by atoms with Gasteiger partial charge < -0.3 is 9.84 Å². The summed E-state index contributed by atoms with van der Waals surface area (Å²) in [5, 5.41) is 9.67. The summed E-state index contributed by atoms with van der Waals surface area (Å²) in [6.07, 6.45) is 3.40. The highest BCUT2D eigenvalue weighted by molar-refractivity contribution is 7.89. The molecule has 0 radical (unpaired) electrons. The van der Waals surface area contributed by atoms with Crippen molar-refractivity contribution in [2.24, 2.45) is 0 Å². The standard InChI is InChI=1S/C20H29NO5S/c1-14-10-15-11-16(7-8-18(23)26-20(2,3)12-15)19(14)27(24,25)21-9-5-4-6-17(21)13-22/h10-11,17,22H,4-9,12-13H2,1-3H3/t17-/m0/s1. The second-order valence-electron chi connectivity index (χ2n) is 8.26. The fraction of sp³-hybridized carbons (Fsp3) is 0.650. The maximum atomic E-state index is 13.5. The van der Waals surface area contributed by atoms with E-state index in [0.29, 0.717) is 41.8 Å². The van der Waals surface area contributed by atoms with Crippen LogP contribution in [0.5, 0.6) is 0 Å². The first kappa shape index (κ1) is 20.3. The highest BCUT2D eigenvalue weighted by Crippen LogP contribution is 2.33. The van der Waals surface area contributed by atoms with Crippen molar-refractivity contribution in [1.29, 1.82) is 0 Å². The molecule has 2 aliphatic rings. The number of hydrogen-bond donors (Lipinski definition) is 1. The Morgan fingerprint density at radius 1 is 1.26 bits per heavy atom. The zero-order chi connectivity index (χ0) is 19.8. The summed E-state index contributed by atoms with van der Waals surface area (Å²) < 4.78 is 34.0. The van der Waals surface area contributed by atoms with E-state index in [2.05, 4.69) is 0 Å². The number of sulfonamides is 1. The number of benzene rings is 1. The van der Waals surface area contributed by atoms with Gasteiger partial charge >= 0.3 is 5.97 Å². The molecule has 1 atom stereocenters. The van der Waals surface area contributed by atoms with Gasteiger partial charge in [0.25, 0.3) is 0 Å². The number of fused-ring (bicyclic) bond motifs is 2. The van der Waals surface area contributed by atoms with E-state index in [-0.39, 0.29) is 25.0 Å². The number of piperidine rings is 1. The van der Waals surface area contributed by atoms with Gasteiger partial charge in [-0.15, -0.1) is 0 Å². The summed E-state index contributed by atoms with van der Waals surface area (Å²) in [4.78, 5) is 12.4. The molecule has 3 rings (SSSR count). The smallest absolute Gasteiger partial charge is 0.306 e. The molecule has 6 nitrogen and oxygen atoms in total. The molecule has 0 aromatic heterocycles. The average molecular weight is 396 g/mol. The molecule has 27 heavy (non-hydrogen) atoms. The highest BCUT2D eigenvalue weighted by atomic mass is 32.2. The Morgan fingerprint density at radius 3 is 2.70 bits per heavy atom. The van der Waals surface area contributed by atoms with Crippen LogP contribution in [-0.2, 0) is 32.4 Å². The van der Waals surface area contributed by atoms with Crippen LogP contribution in [0.3, 0.4) is 0 Å². The van der Waals surface area contributed by atoms with Crippen molar-refractivity contribution < 1.29 is 23.1 Å². The topological polar surface area (TPSA) is 83.9 Å². The van der Waals surface area contributed by atoms with Crippen LogP contribution in [0.15, 0.2) is 17.0 Å². The van der Waals surface area contributed by atoms with Crippen molar-refractivity contribution in [2.45, 2.75) is 75.8 Å². The summed E-state index contributed by atoms with van der Waals surface area (Å²) in [5.41, 5.74) is 1.70. The second-order valence-corrected chi connectivity index (χ2v) is 10.1. The average Bonchev–Trinajstić information content (AvgIpc) is 2.61. The molecule has 0 amide bonds. The van der Waals surface area contributed by atoms with Gasteiger partial charge in [0.05, 0.1) is 11.5 Å². The number of nitrogens with zero attached hydrogens (tertiary/aromatic N) is 1. The van der Waals surface area contributed by atoms with Gasteiger partial charge in [-0.05, 0) is 56.7 Å². The van der Waals surface area contributed by atoms with Gasteiger partial charge in [0.15, 0.2) is 0 Å². The fourth-order valence-corrected chi connectivity index (χ4v) is 6.43. The molecule has 0 aliphatic carbocycles. The monoisotopic (exact) mass is 395 g/mol. The number of ether oxygens (including phenoxy) is 1. The lowest BCUT2D eigenvalue weighted by atomic mass is 9.95. The third-order valence-corrected chi connectivity index (χ3v) is 7.58. The van der Waals surface area contributed by atoms with Crippen molar-refractivity contribution in [2.75, 3.05) is 13.2 Å². The Hall–Kier alpha value is -1.44. The molecular weight excluding hydrogens is 366 g/mol. The van der Waals surface area contributed by atoms with Crippen molar-refractivity contribution >= 4 is 16.0 Å². The van der Waals surface area contributed by atoms with Crippen LogP contribution in [0.1, 0.15) is 56.2 Å². The quantitative estimate of drug-likeness (QED) is 0.794. The molecule has 1 saturated heterocycles. The van der Waals surface area contributed by atoms with Crippen LogP contribution in [0.25, 0.3) is 0 Å². The third kappa shape index (κ3) is 4.20. The molecule has 1 fully saturated rings. The number of esters is 1. The molecule has 2 aliphatic heterocycles. The van der Waals surface area contributed by atoms with Crippen molar-refractivity contribution in [3.8, 4) is 0 Å². The Morgan fingerprint density at radius 2 is 2.00 bits per heavy atom. The molecule has 1 N–H and O–H groups in total. The lowest BCUT2D eigenvalue weighted by Gasteiger charge is -2.34. The van der Waals surface area contributed by atoms with Crippen LogP contribution in [0.2, 0.25) is 0 Å². The third-order valence-electron chi connectivity index (χ3n) is 5.38. The van der Waals surface area contributed by atoms with Gasteiger partial charge in [0, 0.05) is 25.4 Å². The Labute approximate surface area is 161 Å². The SMILES string of the molecule is Cc1cc2cc(c1S(=O)(=O)N1CCCC[C@H]1CO)CCC(=O)OC(C)(C)C2. The van der Waals surface area contributed by atoms with Crippen molar-refractivity contribution in [3.63, 3.8) is 0 Å². The van der Waals surface area contributed by atoms with E-state index >= 15 is 0 Å². The largest absolute Gasteiger partial charge is 0.459 e. The number of aryl methyl sites for hydroxylation is 2. The maximum Gasteiger partial charge on any atom is 0.306 e. The van der Waals surface area contributed by atoms with Gasteiger partial charge in [-0.1, -0.05) is 18.6 Å². The lowest BCUT2D eigenvalue weighted by molar-refractivity contribution is -0.156. The van der Waals surface area contributed by atoms with Gasteiger partial charge in [0.2, 0.25) is 10.0 Å². The minimum absolute atomic E-state index is 0.151. The Kier molecular flexibility index (Phi) is 5.66. The second kappa shape index (κ2) is 7.53. The van der Waals surface area contributed by atoms with Crippen LogP contribution in [-0.4, -0.2) is 48.6 Å². The number of cyclic esters (lactones) is 1. The van der Waals surface area contributed by atoms with Gasteiger partial charge in [-0.25, -0.2) is 8.42 Å². The maximum absolute atomic E-state index is 13.5. The summed E-state index contributed by atoms with van der Waals surface area (Å²) in [5.74, 6) is -0.311. The minimum atomic E-state index is -3.74. The van der Waals surface area contributed by atoms with Gasteiger partial charge in [0.1, 0.15) is 5.60 Å². The molecule has 150 valence electrons. The molecule has 7 heteroatoms. The summed E-state index contributed by atoms with van der Waals surface area (Å²) in [6.45, 7) is 5.80. The predicted octanol–water partition coefficient (Wildman–Crippen LogP) is 2.34. The molecule has 0 spiro atoms. The van der Waals surface area contributed by atoms with Crippen LogP contribution >= 0.6 is 0 Å². The van der Waals surface area contributed by atoms with Crippen molar-refractivity contribution in [1.82, 2.24) is 4.31 Å². The van der Waals surface area contributed by atoms with E-state index in [0.717, 1.165) is 18.4 Å². The number of aliphatic hydroxyl groups is 1. The number of rotatable bonds is 3. The summed E-state index contributed by atoms with van der Waals surface area (Å²) in [6, 6.07) is 3.41. The number of aliphatic hydroxyl groups excluding tert-OH is 1. The predicted molar refractivity (Wildman–Crippen MR) is 102 cm³/mol.